The molecule has 0 N–H and O–H groups in total. The molecule has 2 aliphatic rings. The van der Waals surface area contributed by atoms with Crippen molar-refractivity contribution in [3.8, 4) is 22.3 Å². The lowest BCUT2D eigenvalue weighted by Crippen LogP contribution is -2.18. The molecule has 0 unspecified atom stereocenters. The Morgan fingerprint density at radius 1 is 0.356 bits per heavy atom. The highest BCUT2D eigenvalue weighted by molar-refractivity contribution is 6.09. The fourth-order valence-corrected chi connectivity index (χ4v) is 8.24. The van der Waals surface area contributed by atoms with Gasteiger partial charge in [-0.15, -0.1) is 0 Å². The van der Waals surface area contributed by atoms with E-state index in [4.69, 9.17) is 0 Å². The van der Waals surface area contributed by atoms with Gasteiger partial charge in [-0.1, -0.05) is 131 Å². The Bertz CT molecular complexity index is 2230. The molecule has 1 nitrogen and oxygen atoms in total. The molecule has 0 radical (unpaired) electrons. The van der Waals surface area contributed by atoms with Crippen LogP contribution in [-0.4, -0.2) is 0 Å². The average Bonchev–Trinajstić information content (AvgIpc) is 3.44. The minimum absolute atomic E-state index is 0.0746. The first-order chi connectivity index (χ1) is 21.8. The molecule has 0 spiro atoms. The van der Waals surface area contributed by atoms with Crippen molar-refractivity contribution < 1.29 is 0 Å². The molecule has 9 rings (SSSR count). The molecule has 0 bridgehead atoms. The van der Waals surface area contributed by atoms with Gasteiger partial charge in [0.05, 0.1) is 0 Å². The Morgan fingerprint density at radius 3 is 1.38 bits per heavy atom. The maximum absolute atomic E-state index is 2.47. The summed E-state index contributed by atoms with van der Waals surface area (Å²) in [6.45, 7) is 9.46. The van der Waals surface area contributed by atoms with Crippen molar-refractivity contribution in [1.82, 2.24) is 0 Å². The summed E-state index contributed by atoms with van der Waals surface area (Å²) in [4.78, 5) is 2.47. The first-order valence-electron chi connectivity index (χ1n) is 16.0. The highest BCUT2D eigenvalue weighted by atomic mass is 15.1. The number of hydrogen-bond donors (Lipinski definition) is 0. The summed E-state index contributed by atoms with van der Waals surface area (Å²) in [5.41, 5.74) is 14.3. The lowest BCUT2D eigenvalue weighted by molar-refractivity contribution is 0.660. The van der Waals surface area contributed by atoms with E-state index in [1.54, 1.807) is 0 Å². The Labute approximate surface area is 265 Å². The second-order valence-corrected chi connectivity index (χ2v) is 13.8. The topological polar surface area (TPSA) is 3.24 Å². The standard InChI is InChI=1S/C44H35N/c1-43(2)39-15-9-7-13-34(39)36-23-21-31(26-41(36)43)45(30-20-19-29-18-17-28-11-5-6-12-33(28)38(29)25-30)32-22-24-37-35-14-8-10-16-40(35)44(3,4)42(37)27-32/h5-27H,1-4H3. The van der Waals surface area contributed by atoms with E-state index in [2.05, 4.69) is 172 Å². The van der Waals surface area contributed by atoms with E-state index in [0.29, 0.717) is 0 Å². The molecule has 45 heavy (non-hydrogen) atoms. The molecule has 0 fully saturated rings. The summed E-state index contributed by atoms with van der Waals surface area (Å²) in [5.74, 6) is 0. The van der Waals surface area contributed by atoms with Crippen molar-refractivity contribution >= 4 is 38.6 Å². The number of fused-ring (bicyclic) bond motifs is 9. The third-order valence-electron chi connectivity index (χ3n) is 10.6. The van der Waals surface area contributed by atoms with Crippen LogP contribution in [0.3, 0.4) is 0 Å². The van der Waals surface area contributed by atoms with Crippen LogP contribution in [0.2, 0.25) is 0 Å². The molecule has 0 amide bonds. The molecule has 7 aromatic rings. The Morgan fingerprint density at radius 2 is 0.778 bits per heavy atom. The molecule has 0 atom stereocenters. The Hall–Kier alpha value is -5.14. The van der Waals surface area contributed by atoms with Crippen LogP contribution >= 0.6 is 0 Å². The second-order valence-electron chi connectivity index (χ2n) is 13.8. The van der Waals surface area contributed by atoms with Gasteiger partial charge < -0.3 is 4.90 Å². The van der Waals surface area contributed by atoms with Crippen LogP contribution < -0.4 is 4.90 Å². The number of benzene rings is 7. The van der Waals surface area contributed by atoms with Crippen molar-refractivity contribution in [2.45, 2.75) is 38.5 Å². The average molecular weight is 578 g/mol. The van der Waals surface area contributed by atoms with E-state index >= 15 is 0 Å². The normalized spacial score (nSPS) is 15.0. The van der Waals surface area contributed by atoms with Gasteiger partial charge in [0.2, 0.25) is 0 Å². The highest BCUT2D eigenvalue weighted by Gasteiger charge is 2.37. The molecule has 216 valence electrons. The van der Waals surface area contributed by atoms with Crippen molar-refractivity contribution in [1.29, 1.82) is 0 Å². The monoisotopic (exact) mass is 577 g/mol. The molecule has 0 aliphatic heterocycles. The summed E-state index contributed by atoms with van der Waals surface area (Å²) in [7, 11) is 0. The maximum atomic E-state index is 2.47. The van der Waals surface area contributed by atoms with Gasteiger partial charge in [-0.05, 0) is 102 Å². The summed E-state index contributed by atoms with van der Waals surface area (Å²) in [6, 6.07) is 52.2. The quantitative estimate of drug-likeness (QED) is 0.189. The first-order valence-corrected chi connectivity index (χ1v) is 16.0. The molecular formula is C44H35N. The Kier molecular flexibility index (Phi) is 5.37. The van der Waals surface area contributed by atoms with Gasteiger partial charge in [0.1, 0.15) is 0 Å². The molecule has 0 aromatic heterocycles. The zero-order chi connectivity index (χ0) is 30.5. The van der Waals surface area contributed by atoms with Gasteiger partial charge in [-0.2, -0.15) is 0 Å². The second kappa shape index (κ2) is 9.19. The van der Waals surface area contributed by atoms with E-state index in [9.17, 15) is 0 Å². The highest BCUT2D eigenvalue weighted by Crippen LogP contribution is 2.53. The van der Waals surface area contributed by atoms with Crippen molar-refractivity contribution in [3.63, 3.8) is 0 Å². The SMILES string of the molecule is CC1(C)c2ccccc2-c2ccc(N(c3ccc4c(c3)C(C)(C)c3ccccc3-4)c3ccc4ccc5ccccc5c4c3)cc21. The molecular weight excluding hydrogens is 542 g/mol. The van der Waals surface area contributed by atoms with Gasteiger partial charge in [0.25, 0.3) is 0 Å². The molecule has 1 heteroatoms. The zero-order valence-electron chi connectivity index (χ0n) is 26.2. The van der Waals surface area contributed by atoms with Gasteiger partial charge in [-0.25, -0.2) is 0 Å². The van der Waals surface area contributed by atoms with Crippen molar-refractivity contribution in [3.05, 3.63) is 162 Å². The van der Waals surface area contributed by atoms with E-state index in [-0.39, 0.29) is 10.8 Å². The minimum atomic E-state index is -0.0746. The summed E-state index contributed by atoms with van der Waals surface area (Å²) in [6.07, 6.45) is 0. The van der Waals surface area contributed by atoms with Crippen LogP contribution in [0.25, 0.3) is 43.8 Å². The fraction of sp³-hybridized carbons (Fsp3) is 0.136. The van der Waals surface area contributed by atoms with Crippen LogP contribution in [0.5, 0.6) is 0 Å². The molecule has 0 saturated heterocycles. The molecule has 2 aliphatic carbocycles. The summed E-state index contributed by atoms with van der Waals surface area (Å²) >= 11 is 0. The van der Waals surface area contributed by atoms with Gasteiger partial charge in [-0.3, -0.25) is 0 Å². The van der Waals surface area contributed by atoms with Gasteiger partial charge >= 0.3 is 0 Å². The maximum Gasteiger partial charge on any atom is 0.0468 e. The third kappa shape index (κ3) is 3.68. The fourth-order valence-electron chi connectivity index (χ4n) is 8.24. The molecule has 0 heterocycles. The predicted octanol–water partition coefficient (Wildman–Crippen LogP) is 12.1. The van der Waals surface area contributed by atoms with Gasteiger partial charge in [0, 0.05) is 27.9 Å². The van der Waals surface area contributed by atoms with Crippen molar-refractivity contribution in [2.24, 2.45) is 0 Å². The first kappa shape index (κ1) is 26.3. The Balaban J connectivity index is 1.28. The van der Waals surface area contributed by atoms with Gasteiger partial charge in [0.15, 0.2) is 0 Å². The third-order valence-corrected chi connectivity index (χ3v) is 10.6. The van der Waals surface area contributed by atoms with E-state index in [1.165, 1.54) is 83.1 Å². The van der Waals surface area contributed by atoms with Crippen LogP contribution in [0, 0.1) is 0 Å². The summed E-state index contributed by atoms with van der Waals surface area (Å²) in [5, 5.41) is 5.09. The molecule has 7 aromatic carbocycles. The van der Waals surface area contributed by atoms with E-state index < -0.39 is 0 Å². The minimum Gasteiger partial charge on any atom is -0.310 e. The van der Waals surface area contributed by atoms with Crippen LogP contribution in [-0.2, 0) is 10.8 Å². The predicted molar refractivity (Wildman–Crippen MR) is 191 cm³/mol. The van der Waals surface area contributed by atoms with E-state index in [0.717, 1.165) is 0 Å². The zero-order valence-corrected chi connectivity index (χ0v) is 26.2. The van der Waals surface area contributed by atoms with E-state index in [1.807, 2.05) is 0 Å². The number of rotatable bonds is 3. The number of hydrogen-bond acceptors (Lipinski definition) is 1. The number of nitrogens with zero attached hydrogens (tertiary/aromatic N) is 1. The van der Waals surface area contributed by atoms with Crippen LogP contribution in [0.4, 0.5) is 17.1 Å². The summed E-state index contributed by atoms with van der Waals surface area (Å²) < 4.78 is 0. The van der Waals surface area contributed by atoms with Crippen LogP contribution in [0.1, 0.15) is 49.9 Å². The number of anilines is 3. The van der Waals surface area contributed by atoms with Crippen LogP contribution in [0.15, 0.2) is 140 Å². The smallest absolute Gasteiger partial charge is 0.0468 e. The lowest BCUT2D eigenvalue weighted by Gasteiger charge is -2.30. The van der Waals surface area contributed by atoms with Crippen molar-refractivity contribution in [2.75, 3.05) is 4.90 Å². The lowest BCUT2D eigenvalue weighted by atomic mass is 9.82. The molecule has 0 saturated carbocycles. The largest absolute Gasteiger partial charge is 0.310 e.